The fourth-order valence-corrected chi connectivity index (χ4v) is 6.39. The topological polar surface area (TPSA) is 318 Å². The van der Waals surface area contributed by atoms with Crippen LogP contribution in [0.4, 0.5) is 0 Å². The Bertz CT molecular complexity index is 975. The van der Waals surface area contributed by atoms with E-state index in [-0.39, 0.29) is 12.6 Å². The van der Waals surface area contributed by atoms with Gasteiger partial charge in [-0.05, 0) is 0 Å². The third-order valence-electron chi connectivity index (χ3n) is 4.63. The number of guanidine groups is 1. The zero-order valence-corrected chi connectivity index (χ0v) is 18.8. The standard InChI is InChI=1S/C10H21N6O14P3/c11-9-14-7(19)6-10(12,15-9)16(2-13-6)8-5(18)4(17)3(28-8)1-27-32(23,24)30-33(25,26)29-31(20,21)22/h3-6,8,13,17-18H,1-2,12H2,(H,23,24)(H,25,26)(H2,20,21,22)(H3,11,14,15,19)/t3-,4-,5-,6?,8-,10+/m1/s1. The summed E-state index contributed by atoms with van der Waals surface area (Å²) in [7, 11) is -16.8. The lowest BCUT2D eigenvalue weighted by Gasteiger charge is -2.39. The third kappa shape index (κ3) is 5.85. The number of carbonyl (C=O) groups is 1. The Balaban J connectivity index is 1.67. The normalized spacial score (nSPS) is 38.8. The monoisotopic (exact) mass is 542 g/mol. The van der Waals surface area contributed by atoms with Crippen LogP contribution in [0.3, 0.4) is 0 Å². The van der Waals surface area contributed by atoms with E-state index >= 15 is 0 Å². The first kappa shape index (κ1) is 26.7. The number of amides is 1. The van der Waals surface area contributed by atoms with Crippen molar-refractivity contribution in [2.24, 2.45) is 16.5 Å². The average Bonchev–Trinajstić information content (AvgIpc) is 3.07. The summed E-state index contributed by atoms with van der Waals surface area (Å²) in [6, 6.07) is -1.10. The highest BCUT2D eigenvalue weighted by atomic mass is 31.3. The van der Waals surface area contributed by atoms with Crippen molar-refractivity contribution in [2.75, 3.05) is 13.3 Å². The maximum absolute atomic E-state index is 12.1. The number of nitrogens with two attached hydrogens (primary N) is 2. The van der Waals surface area contributed by atoms with Crippen LogP contribution in [0.5, 0.6) is 0 Å². The summed E-state index contributed by atoms with van der Waals surface area (Å²) in [6.45, 7) is -1.19. The Morgan fingerprint density at radius 3 is 2.39 bits per heavy atom. The number of phosphoric acid groups is 3. The van der Waals surface area contributed by atoms with Gasteiger partial charge in [-0.2, -0.15) is 8.62 Å². The van der Waals surface area contributed by atoms with Crippen LogP contribution in [0.15, 0.2) is 4.99 Å². The van der Waals surface area contributed by atoms with E-state index in [9.17, 15) is 33.6 Å². The molecule has 1 amide bonds. The van der Waals surface area contributed by atoms with E-state index in [1.54, 1.807) is 0 Å². The summed E-state index contributed by atoms with van der Waals surface area (Å²) in [4.78, 5) is 52.9. The summed E-state index contributed by atoms with van der Waals surface area (Å²) in [5, 5.41) is 25.6. The molecule has 3 heterocycles. The molecule has 3 rings (SSSR count). The van der Waals surface area contributed by atoms with E-state index < -0.39 is 72.4 Å². The van der Waals surface area contributed by atoms with Gasteiger partial charge in [0, 0.05) is 0 Å². The minimum atomic E-state index is -5.74. The number of fused-ring (bicyclic) bond motifs is 1. The zero-order chi connectivity index (χ0) is 25.0. The molecule has 3 unspecified atom stereocenters. The SMILES string of the molecule is NC1=N[C@@]2(N)C(NCN2[C@@H]2O[C@H](COP(=O)(O)OP(=O)(O)OP(=O)(O)O)[C@@H](O)[C@H]2O)C(=O)N1. The maximum Gasteiger partial charge on any atom is 0.490 e. The third-order valence-corrected chi connectivity index (χ3v) is 8.43. The number of hydrogen-bond donors (Lipinski definition) is 10. The number of hydrogen-bond acceptors (Lipinski definition) is 15. The highest BCUT2D eigenvalue weighted by Gasteiger charge is 2.59. The molecule has 0 spiro atoms. The number of aliphatic imine (C=N–C) groups is 1. The van der Waals surface area contributed by atoms with Gasteiger partial charge in [0.25, 0.3) is 0 Å². The van der Waals surface area contributed by atoms with E-state index in [1.165, 1.54) is 0 Å². The quantitative estimate of drug-likeness (QED) is 0.128. The van der Waals surface area contributed by atoms with Crippen LogP contribution in [0.25, 0.3) is 0 Å². The Hall–Kier alpha value is -0.890. The van der Waals surface area contributed by atoms with E-state index in [1.807, 2.05) is 0 Å². The van der Waals surface area contributed by atoms with Gasteiger partial charge < -0.3 is 40.3 Å². The van der Waals surface area contributed by atoms with Crippen LogP contribution < -0.4 is 22.1 Å². The van der Waals surface area contributed by atoms with Gasteiger partial charge in [-0.25, -0.2) is 23.6 Å². The fourth-order valence-electron chi connectivity index (χ4n) is 3.36. The summed E-state index contributed by atoms with van der Waals surface area (Å²) in [5.41, 5.74) is 11.7. The second kappa shape index (κ2) is 8.96. The lowest BCUT2D eigenvalue weighted by molar-refractivity contribution is -0.135. The van der Waals surface area contributed by atoms with Crippen molar-refractivity contribution in [2.45, 2.75) is 36.4 Å². The Morgan fingerprint density at radius 2 is 1.79 bits per heavy atom. The predicted molar refractivity (Wildman–Crippen MR) is 101 cm³/mol. The lowest BCUT2D eigenvalue weighted by Crippen LogP contribution is -2.69. The van der Waals surface area contributed by atoms with Crippen LogP contribution in [0.1, 0.15) is 0 Å². The molecule has 190 valence electrons. The number of aliphatic hydroxyl groups is 2. The smallest absolute Gasteiger partial charge is 0.387 e. The molecule has 0 aromatic carbocycles. The summed E-state index contributed by atoms with van der Waals surface area (Å²) in [5.74, 6) is -2.76. The summed E-state index contributed by atoms with van der Waals surface area (Å²) in [6.07, 6.45) is -6.44. The van der Waals surface area contributed by atoms with Crippen molar-refractivity contribution in [3.05, 3.63) is 0 Å². The van der Waals surface area contributed by atoms with E-state index in [4.69, 9.17) is 30.9 Å². The van der Waals surface area contributed by atoms with Crippen LogP contribution in [-0.4, -0.2) is 96.2 Å². The fraction of sp³-hybridized carbons (Fsp3) is 0.800. The van der Waals surface area contributed by atoms with Gasteiger partial charge in [0.2, 0.25) is 5.91 Å². The number of phosphoric ester groups is 1. The number of carbonyl (C=O) groups excluding carboxylic acids is 1. The zero-order valence-electron chi connectivity index (χ0n) is 16.1. The van der Waals surface area contributed by atoms with E-state index in [2.05, 4.69) is 28.8 Å². The van der Waals surface area contributed by atoms with Crippen LogP contribution in [0, 0.1) is 0 Å². The van der Waals surface area contributed by atoms with Gasteiger partial charge >= 0.3 is 23.5 Å². The highest BCUT2D eigenvalue weighted by Crippen LogP contribution is 2.66. The summed E-state index contributed by atoms with van der Waals surface area (Å²) < 4.78 is 50.8. The molecule has 0 aromatic rings. The van der Waals surface area contributed by atoms with Gasteiger partial charge in [-0.3, -0.25) is 25.7 Å². The minimum absolute atomic E-state index is 0.164. The Morgan fingerprint density at radius 1 is 1.15 bits per heavy atom. The molecule has 3 aliphatic heterocycles. The van der Waals surface area contributed by atoms with Crippen molar-refractivity contribution in [3.63, 3.8) is 0 Å². The van der Waals surface area contributed by atoms with Crippen LogP contribution in [-0.2, 0) is 36.4 Å². The van der Waals surface area contributed by atoms with Gasteiger partial charge in [0.1, 0.15) is 30.6 Å². The molecule has 0 aromatic heterocycles. The van der Waals surface area contributed by atoms with Crippen molar-refractivity contribution in [3.8, 4) is 0 Å². The minimum Gasteiger partial charge on any atom is -0.387 e. The number of nitrogens with zero attached hydrogens (tertiary/aromatic N) is 2. The molecule has 2 fully saturated rings. The molecule has 12 N–H and O–H groups in total. The van der Waals surface area contributed by atoms with Crippen molar-refractivity contribution in [1.29, 1.82) is 0 Å². The van der Waals surface area contributed by atoms with Gasteiger partial charge in [-0.1, -0.05) is 0 Å². The molecule has 23 heteroatoms. The number of nitrogens with one attached hydrogen (secondary N) is 2. The first-order valence-electron chi connectivity index (χ1n) is 8.69. The van der Waals surface area contributed by atoms with E-state index in [0.717, 1.165) is 4.90 Å². The lowest BCUT2D eigenvalue weighted by atomic mass is 10.1. The Kier molecular flexibility index (Phi) is 7.25. The second-order valence-electron chi connectivity index (χ2n) is 6.97. The average molecular weight is 542 g/mol. The highest BCUT2D eigenvalue weighted by molar-refractivity contribution is 7.66. The number of ether oxygens (including phenoxy) is 1. The van der Waals surface area contributed by atoms with Crippen molar-refractivity contribution >= 4 is 35.3 Å². The van der Waals surface area contributed by atoms with Gasteiger partial charge in [0.05, 0.1) is 13.3 Å². The first-order valence-corrected chi connectivity index (χ1v) is 13.2. The largest absolute Gasteiger partial charge is 0.490 e. The molecule has 20 nitrogen and oxygen atoms in total. The molecule has 0 aliphatic carbocycles. The maximum atomic E-state index is 12.1. The molecule has 0 bridgehead atoms. The molecular formula is C10H21N6O14P3. The summed E-state index contributed by atoms with van der Waals surface area (Å²) >= 11 is 0. The van der Waals surface area contributed by atoms with Crippen LogP contribution in [0.2, 0.25) is 0 Å². The Labute approximate surface area is 183 Å². The molecule has 3 aliphatic rings. The van der Waals surface area contributed by atoms with Crippen molar-refractivity contribution in [1.82, 2.24) is 15.5 Å². The molecule has 2 saturated heterocycles. The molecule has 8 atom stereocenters. The molecule has 0 radical (unpaired) electrons. The first-order chi connectivity index (χ1) is 14.9. The second-order valence-corrected chi connectivity index (χ2v) is 11.4. The number of rotatable bonds is 8. The van der Waals surface area contributed by atoms with E-state index in [0.29, 0.717) is 0 Å². The van der Waals surface area contributed by atoms with Gasteiger partial charge in [0.15, 0.2) is 11.7 Å². The van der Waals surface area contributed by atoms with Gasteiger partial charge in [-0.15, -0.1) is 0 Å². The molecular weight excluding hydrogens is 521 g/mol. The van der Waals surface area contributed by atoms with Crippen LogP contribution >= 0.6 is 23.5 Å². The molecule has 0 saturated carbocycles. The molecule has 33 heavy (non-hydrogen) atoms. The number of aliphatic hydroxyl groups excluding tert-OH is 2. The van der Waals surface area contributed by atoms with Crippen molar-refractivity contribution < 1.29 is 66.2 Å². The predicted octanol–water partition coefficient (Wildman–Crippen LogP) is -4.94.